The number of carbonyl (C=O) groups excluding carboxylic acids is 1. The molecule has 0 saturated heterocycles. The zero-order valence-electron chi connectivity index (χ0n) is 11.4. The van der Waals surface area contributed by atoms with E-state index in [1.54, 1.807) is 0 Å². The van der Waals surface area contributed by atoms with Gasteiger partial charge in [-0.15, -0.1) is 4.36 Å². The van der Waals surface area contributed by atoms with Crippen LogP contribution < -0.4 is 5.73 Å². The van der Waals surface area contributed by atoms with E-state index in [2.05, 4.69) is 4.36 Å². The van der Waals surface area contributed by atoms with Gasteiger partial charge in [0.1, 0.15) is 6.67 Å². The third kappa shape index (κ3) is 4.49. The second-order valence-electron chi connectivity index (χ2n) is 4.53. The van der Waals surface area contributed by atoms with Gasteiger partial charge in [0.25, 0.3) is 0 Å². The third-order valence-corrected chi connectivity index (χ3v) is 4.40. The number of aliphatic hydroxyl groups is 1. The number of amides is 1. The van der Waals surface area contributed by atoms with Crippen molar-refractivity contribution in [3.8, 4) is 0 Å². The Labute approximate surface area is 124 Å². The molecule has 0 heterocycles. The summed E-state index contributed by atoms with van der Waals surface area (Å²) in [6.45, 7) is -0.969. The lowest BCUT2D eigenvalue weighted by Crippen LogP contribution is -2.30. The Morgan fingerprint density at radius 1 is 1.36 bits per heavy atom. The Hall–Kier alpha value is -1.52. The van der Waals surface area contributed by atoms with E-state index in [4.69, 9.17) is 5.73 Å². The van der Waals surface area contributed by atoms with E-state index >= 15 is 0 Å². The number of nitrogens with two attached hydrogens (primary N) is 1. The second-order valence-corrected chi connectivity index (χ2v) is 6.79. The van der Waals surface area contributed by atoms with Gasteiger partial charge in [-0.2, -0.15) is 13.2 Å². The molecule has 0 spiro atoms. The lowest BCUT2D eigenvalue weighted by Gasteiger charge is -2.16. The molecule has 0 saturated carbocycles. The van der Waals surface area contributed by atoms with Crippen LogP contribution in [0.4, 0.5) is 17.6 Å². The summed E-state index contributed by atoms with van der Waals surface area (Å²) in [4.78, 5) is 10.7. The fourth-order valence-electron chi connectivity index (χ4n) is 1.51. The number of halogens is 4. The van der Waals surface area contributed by atoms with E-state index in [-0.39, 0.29) is 10.5 Å². The highest BCUT2D eigenvalue weighted by Gasteiger charge is 2.39. The maximum absolute atomic E-state index is 12.4. The summed E-state index contributed by atoms with van der Waals surface area (Å²) in [5.41, 5.74) is 5.52. The van der Waals surface area contributed by atoms with Crippen LogP contribution in [0.15, 0.2) is 33.5 Å². The highest BCUT2D eigenvalue weighted by Crippen LogP contribution is 2.22. The molecule has 0 radical (unpaired) electrons. The summed E-state index contributed by atoms with van der Waals surface area (Å²) < 4.78 is 63.6. The molecule has 5 nitrogen and oxygen atoms in total. The van der Waals surface area contributed by atoms with Gasteiger partial charge in [0.05, 0.1) is 21.9 Å². The first-order chi connectivity index (χ1) is 9.99. The largest absolute Gasteiger partial charge is 0.474 e. The molecule has 0 aliphatic rings. The molecule has 0 bridgehead atoms. The average molecular weight is 342 g/mol. The Bertz CT molecular complexity index is 651. The van der Waals surface area contributed by atoms with E-state index < -0.39 is 40.6 Å². The zero-order chi connectivity index (χ0) is 17.1. The number of hydrogen-bond donors (Lipinski definition) is 2. The lowest BCUT2D eigenvalue weighted by atomic mass is 10.0. The summed E-state index contributed by atoms with van der Waals surface area (Å²) in [7, 11) is -3.59. The van der Waals surface area contributed by atoms with Gasteiger partial charge in [-0.1, -0.05) is 12.1 Å². The van der Waals surface area contributed by atoms with Crippen molar-refractivity contribution in [2.24, 2.45) is 10.1 Å². The van der Waals surface area contributed by atoms with Gasteiger partial charge in [0, 0.05) is 11.2 Å². The van der Waals surface area contributed by atoms with Gasteiger partial charge >= 0.3 is 12.1 Å². The summed E-state index contributed by atoms with van der Waals surface area (Å²) in [5, 5.41) is 9.67. The first-order valence-electron chi connectivity index (χ1n) is 5.92. The maximum Gasteiger partial charge on any atom is 0.474 e. The van der Waals surface area contributed by atoms with Crippen LogP contribution in [0.25, 0.3) is 0 Å². The van der Waals surface area contributed by atoms with Crippen molar-refractivity contribution in [1.82, 2.24) is 0 Å². The Balaban J connectivity index is 3.11. The molecule has 1 aromatic carbocycles. The van der Waals surface area contributed by atoms with E-state index in [9.17, 15) is 31.7 Å². The smallest absolute Gasteiger partial charge is 0.387 e. The molecule has 1 aromatic rings. The minimum absolute atomic E-state index is 0.130. The van der Waals surface area contributed by atoms with E-state index in [1.165, 1.54) is 12.1 Å². The Morgan fingerprint density at radius 3 is 2.27 bits per heavy atom. The van der Waals surface area contributed by atoms with Crippen LogP contribution >= 0.6 is 0 Å². The van der Waals surface area contributed by atoms with Gasteiger partial charge in [0.15, 0.2) is 0 Å². The van der Waals surface area contributed by atoms with Crippen molar-refractivity contribution in [3.05, 3.63) is 29.8 Å². The number of rotatable bonds is 4. The van der Waals surface area contributed by atoms with E-state index in [1.807, 2.05) is 0 Å². The molecule has 3 N–H and O–H groups in total. The summed E-state index contributed by atoms with van der Waals surface area (Å²) in [6.07, 6.45) is -5.64. The van der Waals surface area contributed by atoms with Gasteiger partial charge in [-0.25, -0.2) is 8.60 Å². The molecule has 1 rings (SSSR count). The quantitative estimate of drug-likeness (QED) is 0.812. The molecule has 1 amide bonds. The van der Waals surface area contributed by atoms with Crippen LogP contribution in [-0.4, -0.2) is 40.4 Å². The van der Waals surface area contributed by atoms with Crippen LogP contribution in [0.3, 0.4) is 0 Å². The normalized spacial score (nSPS) is 17.4. The zero-order valence-corrected chi connectivity index (χ0v) is 12.2. The van der Waals surface area contributed by atoms with Crippen molar-refractivity contribution < 1.29 is 31.7 Å². The van der Waals surface area contributed by atoms with Crippen LogP contribution in [0, 0.1) is 0 Å². The number of aliphatic hydroxyl groups excluding tert-OH is 1. The summed E-state index contributed by atoms with van der Waals surface area (Å²) >= 11 is 0. The van der Waals surface area contributed by atoms with Crippen LogP contribution in [0.2, 0.25) is 0 Å². The third-order valence-electron chi connectivity index (χ3n) is 2.74. The minimum Gasteiger partial charge on any atom is -0.387 e. The van der Waals surface area contributed by atoms with Crippen LogP contribution in [0.1, 0.15) is 11.7 Å². The lowest BCUT2D eigenvalue weighted by molar-refractivity contribution is -0.169. The maximum atomic E-state index is 12.4. The fourth-order valence-corrected chi connectivity index (χ4v) is 2.68. The monoisotopic (exact) mass is 342 g/mol. The van der Waals surface area contributed by atoms with Gasteiger partial charge in [-0.3, -0.25) is 4.79 Å². The number of nitrogens with zero attached hydrogens (tertiary/aromatic N) is 1. The number of hydrogen-bond acceptors (Lipinski definition) is 4. The standard InChI is InChI=1S/C12H14F4N2O3S/c1-22(21,18-11(20)12(14,15)16)8-4-2-7(3-5-8)10(19)9(17)6-13/h2-5,9-10,19H,6,17H2,1H3/t9-,10-,22?/m1/s1. The molecule has 0 aliphatic heterocycles. The number of carbonyl (C=O) groups is 1. The second kappa shape index (κ2) is 6.71. The molecule has 124 valence electrons. The van der Waals surface area contributed by atoms with Crippen LogP contribution in [-0.2, 0) is 14.5 Å². The SMILES string of the molecule is CS(=O)(=NC(=O)C(F)(F)F)c1ccc([C@@H](O)[C@H](N)CF)cc1. The van der Waals surface area contributed by atoms with E-state index in [0.29, 0.717) is 0 Å². The van der Waals surface area contributed by atoms with Crippen molar-refractivity contribution in [3.63, 3.8) is 0 Å². The molecular formula is C12H14F4N2O3S. The molecule has 1 unspecified atom stereocenters. The average Bonchev–Trinajstić information content (AvgIpc) is 2.44. The molecule has 22 heavy (non-hydrogen) atoms. The Kier molecular flexibility index (Phi) is 5.65. The predicted molar refractivity (Wildman–Crippen MR) is 71.2 cm³/mol. The van der Waals surface area contributed by atoms with Crippen molar-refractivity contribution in [1.29, 1.82) is 0 Å². The number of alkyl halides is 4. The molecular weight excluding hydrogens is 328 g/mol. The Morgan fingerprint density at radius 2 is 1.86 bits per heavy atom. The summed E-state index contributed by atoms with van der Waals surface area (Å²) in [6, 6.07) is 3.57. The van der Waals surface area contributed by atoms with Gasteiger partial charge < -0.3 is 10.8 Å². The minimum atomic E-state index is -5.21. The van der Waals surface area contributed by atoms with E-state index in [0.717, 1.165) is 18.4 Å². The highest BCUT2D eigenvalue weighted by molar-refractivity contribution is 7.93. The van der Waals surface area contributed by atoms with Crippen molar-refractivity contribution in [2.75, 3.05) is 12.9 Å². The topological polar surface area (TPSA) is 92.8 Å². The van der Waals surface area contributed by atoms with Crippen molar-refractivity contribution in [2.45, 2.75) is 23.2 Å². The first kappa shape index (κ1) is 18.5. The highest BCUT2D eigenvalue weighted by atomic mass is 32.2. The predicted octanol–water partition coefficient (Wildman–Crippen LogP) is 1.56. The molecule has 10 heteroatoms. The molecule has 0 aliphatic carbocycles. The fraction of sp³-hybridized carbons (Fsp3) is 0.417. The molecule has 0 aromatic heterocycles. The van der Waals surface area contributed by atoms with Crippen molar-refractivity contribution >= 4 is 15.6 Å². The number of benzene rings is 1. The molecule has 0 fully saturated rings. The van der Waals surface area contributed by atoms with Gasteiger partial charge in [-0.05, 0) is 17.7 Å². The molecule has 3 atom stereocenters. The first-order valence-corrected chi connectivity index (χ1v) is 7.84. The summed E-state index contributed by atoms with van der Waals surface area (Å²) in [5.74, 6) is -2.44. The van der Waals surface area contributed by atoms with Gasteiger partial charge in [0.2, 0.25) is 0 Å². The van der Waals surface area contributed by atoms with Crippen LogP contribution in [0.5, 0.6) is 0 Å².